The summed E-state index contributed by atoms with van der Waals surface area (Å²) in [4.78, 5) is 38.2. The third kappa shape index (κ3) is 4.62. The van der Waals surface area contributed by atoms with Gasteiger partial charge in [0.1, 0.15) is 12.2 Å². The highest BCUT2D eigenvalue weighted by Crippen LogP contribution is 2.36. The number of urea groups is 1. The molecule has 1 aliphatic heterocycles. The van der Waals surface area contributed by atoms with Crippen molar-refractivity contribution in [3.63, 3.8) is 0 Å². The molecule has 0 aromatic heterocycles. The zero-order valence-corrected chi connectivity index (χ0v) is 18.2. The minimum atomic E-state index is -0.674. The lowest BCUT2D eigenvalue weighted by Crippen LogP contribution is -2.38. The molecular weight excluding hydrogens is 454 g/mol. The fourth-order valence-corrected chi connectivity index (χ4v) is 3.46. The van der Waals surface area contributed by atoms with Gasteiger partial charge in [0.15, 0.2) is 11.5 Å². The summed E-state index contributed by atoms with van der Waals surface area (Å²) in [5.74, 6) is -0.219. The van der Waals surface area contributed by atoms with Crippen LogP contribution in [0.5, 0.6) is 11.5 Å². The molecular formula is C21H20BrN3O5. The van der Waals surface area contributed by atoms with Gasteiger partial charge in [0.2, 0.25) is 5.91 Å². The maximum atomic E-state index is 12.7. The molecule has 0 bridgehead atoms. The van der Waals surface area contributed by atoms with Crippen molar-refractivity contribution >= 4 is 45.5 Å². The smallest absolute Gasteiger partial charge is 0.329 e. The van der Waals surface area contributed by atoms with E-state index in [1.54, 1.807) is 30.3 Å². The van der Waals surface area contributed by atoms with E-state index in [4.69, 9.17) is 9.47 Å². The topological polar surface area (TPSA) is 97.0 Å². The Bertz CT molecular complexity index is 1050. The quantitative estimate of drug-likeness (QED) is 0.495. The van der Waals surface area contributed by atoms with Crippen molar-refractivity contribution in [2.75, 3.05) is 26.1 Å². The van der Waals surface area contributed by atoms with Crippen LogP contribution in [0.15, 0.2) is 46.6 Å². The van der Waals surface area contributed by atoms with E-state index in [0.29, 0.717) is 27.2 Å². The molecule has 1 aliphatic rings. The first-order valence-electron chi connectivity index (χ1n) is 8.95. The number of benzene rings is 2. The van der Waals surface area contributed by atoms with Crippen molar-refractivity contribution in [3.05, 3.63) is 57.7 Å². The summed E-state index contributed by atoms with van der Waals surface area (Å²) in [6.07, 6.45) is 1.48. The number of imide groups is 1. The molecule has 3 rings (SSSR count). The van der Waals surface area contributed by atoms with Crippen LogP contribution in [0.4, 0.5) is 10.5 Å². The van der Waals surface area contributed by atoms with E-state index in [9.17, 15) is 14.4 Å². The summed E-state index contributed by atoms with van der Waals surface area (Å²) in [5.41, 5.74) is 2.13. The zero-order valence-electron chi connectivity index (χ0n) is 16.6. The number of hydrogen-bond acceptors (Lipinski definition) is 5. The number of ether oxygens (including phenoxy) is 2. The van der Waals surface area contributed by atoms with Gasteiger partial charge < -0.3 is 20.1 Å². The summed E-state index contributed by atoms with van der Waals surface area (Å²) >= 11 is 3.37. The van der Waals surface area contributed by atoms with Crippen LogP contribution in [0.2, 0.25) is 0 Å². The Labute approximate surface area is 182 Å². The maximum absolute atomic E-state index is 12.7. The fourth-order valence-electron chi connectivity index (χ4n) is 3.00. The molecule has 1 fully saturated rings. The van der Waals surface area contributed by atoms with Gasteiger partial charge in [-0.25, -0.2) is 9.69 Å². The molecule has 30 heavy (non-hydrogen) atoms. The fraction of sp³-hybridized carbons (Fsp3) is 0.190. The van der Waals surface area contributed by atoms with Gasteiger partial charge in [-0.3, -0.25) is 9.59 Å². The molecule has 9 heteroatoms. The highest BCUT2D eigenvalue weighted by atomic mass is 79.9. The second kappa shape index (κ2) is 9.00. The van der Waals surface area contributed by atoms with Gasteiger partial charge in [-0.1, -0.05) is 28.1 Å². The molecule has 156 valence electrons. The molecule has 2 aromatic carbocycles. The van der Waals surface area contributed by atoms with Crippen LogP contribution < -0.4 is 20.1 Å². The number of nitrogens with zero attached hydrogens (tertiary/aromatic N) is 1. The normalized spacial score (nSPS) is 14.7. The van der Waals surface area contributed by atoms with Gasteiger partial charge in [0.25, 0.3) is 5.91 Å². The summed E-state index contributed by atoms with van der Waals surface area (Å²) in [5, 5.41) is 5.18. The van der Waals surface area contributed by atoms with Crippen LogP contribution in [0.1, 0.15) is 11.1 Å². The molecule has 0 spiro atoms. The van der Waals surface area contributed by atoms with E-state index in [2.05, 4.69) is 26.6 Å². The van der Waals surface area contributed by atoms with Crippen LogP contribution >= 0.6 is 15.9 Å². The Hall–Kier alpha value is -3.33. The molecule has 0 aliphatic carbocycles. The van der Waals surface area contributed by atoms with Crippen molar-refractivity contribution < 1.29 is 23.9 Å². The lowest BCUT2D eigenvalue weighted by atomic mass is 10.1. The summed E-state index contributed by atoms with van der Waals surface area (Å²) < 4.78 is 11.4. The number of carbonyl (C=O) groups excluding carboxylic acids is 3. The molecule has 0 unspecified atom stereocenters. The van der Waals surface area contributed by atoms with Crippen molar-refractivity contribution in [1.29, 1.82) is 0 Å². The van der Waals surface area contributed by atoms with Gasteiger partial charge in [-0.15, -0.1) is 0 Å². The molecule has 1 heterocycles. The van der Waals surface area contributed by atoms with Gasteiger partial charge in [-0.05, 0) is 42.8 Å². The molecule has 2 aromatic rings. The van der Waals surface area contributed by atoms with Crippen molar-refractivity contribution in [1.82, 2.24) is 10.2 Å². The number of anilines is 1. The largest absolute Gasteiger partial charge is 0.493 e. The van der Waals surface area contributed by atoms with Crippen LogP contribution in [0, 0.1) is 6.92 Å². The number of rotatable bonds is 6. The molecule has 4 amide bonds. The molecule has 0 atom stereocenters. The van der Waals surface area contributed by atoms with Crippen molar-refractivity contribution in [2.45, 2.75) is 6.92 Å². The van der Waals surface area contributed by atoms with E-state index >= 15 is 0 Å². The first-order chi connectivity index (χ1) is 14.3. The van der Waals surface area contributed by atoms with E-state index in [1.165, 1.54) is 20.3 Å². The van der Waals surface area contributed by atoms with Crippen LogP contribution in [-0.2, 0) is 9.59 Å². The minimum absolute atomic E-state index is 0.0295. The second-order valence-electron chi connectivity index (χ2n) is 6.53. The standard InChI is InChI=1S/C21H20BrN3O5/c1-12-5-4-6-15(7-12)23-18(26)11-25-20(27)16(24-21(25)28)9-13-8-14(22)10-17(29-2)19(13)30-3/h4-10H,11H2,1-3H3,(H,23,26)(H,24,28)/b16-9+. The summed E-state index contributed by atoms with van der Waals surface area (Å²) in [6, 6.07) is 10.00. The predicted molar refractivity (Wildman–Crippen MR) is 115 cm³/mol. The summed E-state index contributed by atoms with van der Waals surface area (Å²) in [7, 11) is 2.98. The monoisotopic (exact) mass is 473 g/mol. The van der Waals surface area contributed by atoms with Gasteiger partial charge in [-0.2, -0.15) is 0 Å². The first-order valence-corrected chi connectivity index (χ1v) is 9.74. The number of hydrogen-bond donors (Lipinski definition) is 2. The van der Waals surface area contributed by atoms with Crippen LogP contribution in [-0.4, -0.2) is 43.5 Å². The minimum Gasteiger partial charge on any atom is -0.493 e. The maximum Gasteiger partial charge on any atom is 0.329 e. The molecule has 0 radical (unpaired) electrons. The predicted octanol–water partition coefficient (Wildman–Crippen LogP) is 3.31. The van der Waals surface area contributed by atoms with Gasteiger partial charge in [0.05, 0.1) is 14.2 Å². The van der Waals surface area contributed by atoms with E-state index in [0.717, 1.165) is 10.5 Å². The average molecular weight is 474 g/mol. The second-order valence-corrected chi connectivity index (χ2v) is 7.44. The third-order valence-corrected chi connectivity index (χ3v) is 4.80. The van der Waals surface area contributed by atoms with Crippen molar-refractivity contribution in [3.8, 4) is 11.5 Å². The highest BCUT2D eigenvalue weighted by molar-refractivity contribution is 9.10. The Morgan fingerprint density at radius 2 is 1.97 bits per heavy atom. The number of aryl methyl sites for hydroxylation is 1. The molecule has 1 saturated heterocycles. The Kier molecular flexibility index (Phi) is 6.41. The SMILES string of the molecule is COc1cc(Br)cc(/C=C2/NC(=O)N(CC(=O)Nc3cccc(C)c3)C2=O)c1OC. The zero-order chi connectivity index (χ0) is 21.8. The molecule has 8 nitrogen and oxygen atoms in total. The van der Waals surface area contributed by atoms with Gasteiger partial charge in [0, 0.05) is 15.7 Å². The number of amides is 4. The Balaban J connectivity index is 1.79. The lowest BCUT2D eigenvalue weighted by Gasteiger charge is -2.12. The highest BCUT2D eigenvalue weighted by Gasteiger charge is 2.35. The van der Waals surface area contributed by atoms with E-state index in [1.807, 2.05) is 13.0 Å². The Morgan fingerprint density at radius 1 is 1.20 bits per heavy atom. The molecule has 2 N–H and O–H groups in total. The number of carbonyl (C=O) groups is 3. The van der Waals surface area contributed by atoms with Crippen LogP contribution in [0.25, 0.3) is 6.08 Å². The lowest BCUT2D eigenvalue weighted by molar-refractivity contribution is -0.127. The number of nitrogens with one attached hydrogen (secondary N) is 2. The average Bonchev–Trinajstić information content (AvgIpc) is 2.95. The number of methoxy groups -OCH3 is 2. The summed E-state index contributed by atoms with van der Waals surface area (Å²) in [6.45, 7) is 1.49. The Morgan fingerprint density at radius 3 is 2.63 bits per heavy atom. The molecule has 0 saturated carbocycles. The first kappa shape index (κ1) is 21.4. The van der Waals surface area contributed by atoms with Crippen LogP contribution in [0.3, 0.4) is 0 Å². The van der Waals surface area contributed by atoms with Gasteiger partial charge >= 0.3 is 6.03 Å². The van der Waals surface area contributed by atoms with E-state index < -0.39 is 24.4 Å². The van der Waals surface area contributed by atoms with Crippen molar-refractivity contribution in [2.24, 2.45) is 0 Å². The third-order valence-electron chi connectivity index (χ3n) is 4.34. The van der Waals surface area contributed by atoms with E-state index in [-0.39, 0.29) is 5.70 Å². The number of halogens is 1.